The Morgan fingerprint density at radius 1 is 1.38 bits per heavy atom. The van der Waals surface area contributed by atoms with Crippen molar-refractivity contribution in [2.75, 3.05) is 20.1 Å². The second kappa shape index (κ2) is 6.28. The molecule has 0 heterocycles. The molecule has 1 aromatic carbocycles. The highest BCUT2D eigenvalue weighted by Gasteiger charge is 2.12. The number of rotatable bonds is 6. The van der Waals surface area contributed by atoms with E-state index in [1.807, 2.05) is 25.2 Å². The highest BCUT2D eigenvalue weighted by atomic mass is 16.4. The average Bonchev–Trinajstić information content (AvgIpc) is 2.27. The largest absolute Gasteiger partial charge is 0.481 e. The number of carboxylic acids is 1. The van der Waals surface area contributed by atoms with Crippen LogP contribution in [0.4, 0.5) is 0 Å². The number of likely N-dealkylation sites (N-methyl/N-ethyl adjacent to an activating group) is 1. The minimum Gasteiger partial charge on any atom is -0.481 e. The standard InChI is InChI=1S/C13H19NO2/c1-11(13(15)16)10-14(2)9-8-12-6-4-3-5-7-12/h3-7,11H,8-10H2,1-2H3,(H,15,16). The molecule has 0 spiro atoms. The molecule has 0 aliphatic heterocycles. The number of hydrogen-bond acceptors (Lipinski definition) is 2. The van der Waals surface area contributed by atoms with Gasteiger partial charge in [0.05, 0.1) is 5.92 Å². The van der Waals surface area contributed by atoms with Gasteiger partial charge in [0.1, 0.15) is 0 Å². The third kappa shape index (κ3) is 4.45. The van der Waals surface area contributed by atoms with Crippen LogP contribution in [-0.2, 0) is 11.2 Å². The van der Waals surface area contributed by atoms with Gasteiger partial charge < -0.3 is 10.0 Å². The highest BCUT2D eigenvalue weighted by Crippen LogP contribution is 2.03. The van der Waals surface area contributed by atoms with Gasteiger partial charge in [0.2, 0.25) is 0 Å². The summed E-state index contributed by atoms with van der Waals surface area (Å²) in [5.41, 5.74) is 1.29. The van der Waals surface area contributed by atoms with Gasteiger partial charge in [0.15, 0.2) is 0 Å². The van der Waals surface area contributed by atoms with Crippen molar-refractivity contribution < 1.29 is 9.90 Å². The van der Waals surface area contributed by atoms with Crippen molar-refractivity contribution in [3.8, 4) is 0 Å². The van der Waals surface area contributed by atoms with Crippen LogP contribution in [0.1, 0.15) is 12.5 Å². The fourth-order valence-corrected chi connectivity index (χ4v) is 1.60. The van der Waals surface area contributed by atoms with Crippen LogP contribution in [0, 0.1) is 5.92 Å². The maximum atomic E-state index is 10.7. The summed E-state index contributed by atoms with van der Waals surface area (Å²) < 4.78 is 0. The van der Waals surface area contributed by atoms with Gasteiger partial charge in [-0.3, -0.25) is 4.79 Å². The zero-order valence-corrected chi connectivity index (χ0v) is 9.89. The topological polar surface area (TPSA) is 40.5 Å². The molecule has 3 heteroatoms. The molecule has 0 saturated carbocycles. The van der Waals surface area contributed by atoms with Gasteiger partial charge in [0.25, 0.3) is 0 Å². The number of carboxylic acid groups (broad SMARTS) is 1. The van der Waals surface area contributed by atoms with Crippen LogP contribution in [0.15, 0.2) is 30.3 Å². The van der Waals surface area contributed by atoms with E-state index in [4.69, 9.17) is 5.11 Å². The molecule has 0 amide bonds. The highest BCUT2D eigenvalue weighted by molar-refractivity contribution is 5.69. The van der Waals surface area contributed by atoms with E-state index in [1.54, 1.807) is 6.92 Å². The summed E-state index contributed by atoms with van der Waals surface area (Å²) in [6.07, 6.45) is 0.962. The quantitative estimate of drug-likeness (QED) is 0.797. The summed E-state index contributed by atoms with van der Waals surface area (Å²) in [6, 6.07) is 10.2. The van der Waals surface area contributed by atoms with Crippen molar-refractivity contribution in [1.29, 1.82) is 0 Å². The summed E-state index contributed by atoms with van der Waals surface area (Å²) in [5.74, 6) is -1.03. The first-order valence-electron chi connectivity index (χ1n) is 5.55. The lowest BCUT2D eigenvalue weighted by Gasteiger charge is -2.18. The molecule has 0 aliphatic rings. The fourth-order valence-electron chi connectivity index (χ4n) is 1.60. The first-order chi connectivity index (χ1) is 7.59. The first-order valence-corrected chi connectivity index (χ1v) is 5.55. The van der Waals surface area contributed by atoms with Crippen LogP contribution in [0.2, 0.25) is 0 Å². The van der Waals surface area contributed by atoms with Gasteiger partial charge >= 0.3 is 5.97 Å². The molecule has 0 saturated heterocycles. The Kier molecular flexibility index (Phi) is 4.99. The van der Waals surface area contributed by atoms with Gasteiger partial charge in [-0.15, -0.1) is 0 Å². The molecule has 88 valence electrons. The monoisotopic (exact) mass is 221 g/mol. The normalized spacial score (nSPS) is 12.7. The van der Waals surface area contributed by atoms with E-state index < -0.39 is 5.97 Å². The Hall–Kier alpha value is -1.35. The summed E-state index contributed by atoms with van der Waals surface area (Å²) in [7, 11) is 1.96. The second-order valence-corrected chi connectivity index (χ2v) is 4.24. The lowest BCUT2D eigenvalue weighted by atomic mass is 10.1. The Labute approximate surface area is 96.7 Å². The molecule has 1 atom stereocenters. The SMILES string of the molecule is CC(CN(C)CCc1ccccc1)C(=O)O. The van der Waals surface area contributed by atoms with Crippen molar-refractivity contribution >= 4 is 5.97 Å². The van der Waals surface area contributed by atoms with Crippen LogP contribution in [0.25, 0.3) is 0 Å². The lowest BCUT2D eigenvalue weighted by Crippen LogP contribution is -2.30. The Balaban J connectivity index is 2.30. The molecular formula is C13H19NO2. The number of hydrogen-bond donors (Lipinski definition) is 1. The van der Waals surface area contributed by atoms with Gasteiger partial charge in [-0.05, 0) is 19.0 Å². The maximum Gasteiger partial charge on any atom is 0.307 e. The van der Waals surface area contributed by atoms with E-state index in [-0.39, 0.29) is 5.92 Å². The van der Waals surface area contributed by atoms with E-state index in [9.17, 15) is 4.79 Å². The van der Waals surface area contributed by atoms with Crippen LogP contribution >= 0.6 is 0 Å². The van der Waals surface area contributed by atoms with Crippen molar-refractivity contribution in [3.63, 3.8) is 0 Å². The molecule has 0 fully saturated rings. The molecule has 1 unspecified atom stereocenters. The lowest BCUT2D eigenvalue weighted by molar-refractivity contribution is -0.141. The third-order valence-corrected chi connectivity index (χ3v) is 2.63. The number of aliphatic carboxylic acids is 1. The summed E-state index contributed by atoms with van der Waals surface area (Å²) in [5, 5.41) is 8.79. The Morgan fingerprint density at radius 3 is 2.56 bits per heavy atom. The van der Waals surface area contributed by atoms with Crippen LogP contribution < -0.4 is 0 Å². The molecule has 0 radical (unpaired) electrons. The fraction of sp³-hybridized carbons (Fsp3) is 0.462. The first kappa shape index (κ1) is 12.7. The molecule has 0 aromatic heterocycles. The number of nitrogens with zero attached hydrogens (tertiary/aromatic N) is 1. The van der Waals surface area contributed by atoms with Crippen LogP contribution in [0.3, 0.4) is 0 Å². The molecule has 0 aliphatic carbocycles. The van der Waals surface area contributed by atoms with Gasteiger partial charge in [-0.25, -0.2) is 0 Å². The Morgan fingerprint density at radius 2 is 2.00 bits per heavy atom. The van der Waals surface area contributed by atoms with Crippen LogP contribution in [0.5, 0.6) is 0 Å². The second-order valence-electron chi connectivity index (χ2n) is 4.24. The minimum absolute atomic E-state index is 0.305. The van der Waals surface area contributed by atoms with Gasteiger partial charge in [0, 0.05) is 13.1 Å². The van der Waals surface area contributed by atoms with Crippen molar-refractivity contribution in [3.05, 3.63) is 35.9 Å². The number of benzene rings is 1. The van der Waals surface area contributed by atoms with E-state index in [0.29, 0.717) is 6.54 Å². The summed E-state index contributed by atoms with van der Waals surface area (Å²) in [4.78, 5) is 12.7. The number of carbonyl (C=O) groups is 1. The predicted octanol–water partition coefficient (Wildman–Crippen LogP) is 1.88. The predicted molar refractivity (Wildman–Crippen MR) is 64.4 cm³/mol. The molecule has 1 rings (SSSR count). The summed E-state index contributed by atoms with van der Waals surface area (Å²) in [6.45, 7) is 3.23. The van der Waals surface area contributed by atoms with Crippen LogP contribution in [-0.4, -0.2) is 36.1 Å². The van der Waals surface area contributed by atoms with Crippen molar-refractivity contribution in [1.82, 2.24) is 4.90 Å². The molecule has 1 N–H and O–H groups in total. The van der Waals surface area contributed by atoms with E-state index in [0.717, 1.165) is 13.0 Å². The Bertz CT molecular complexity index is 324. The molecule has 16 heavy (non-hydrogen) atoms. The van der Waals surface area contributed by atoms with Gasteiger partial charge in [-0.1, -0.05) is 37.3 Å². The molecule has 3 nitrogen and oxygen atoms in total. The van der Waals surface area contributed by atoms with Crippen molar-refractivity contribution in [2.24, 2.45) is 5.92 Å². The van der Waals surface area contributed by atoms with E-state index in [1.165, 1.54) is 5.56 Å². The average molecular weight is 221 g/mol. The van der Waals surface area contributed by atoms with Crippen molar-refractivity contribution in [2.45, 2.75) is 13.3 Å². The van der Waals surface area contributed by atoms with E-state index >= 15 is 0 Å². The van der Waals surface area contributed by atoms with Gasteiger partial charge in [-0.2, -0.15) is 0 Å². The zero-order valence-electron chi connectivity index (χ0n) is 9.89. The minimum atomic E-state index is -0.730. The molecule has 0 bridgehead atoms. The molecular weight excluding hydrogens is 202 g/mol. The summed E-state index contributed by atoms with van der Waals surface area (Å²) >= 11 is 0. The maximum absolute atomic E-state index is 10.7. The smallest absolute Gasteiger partial charge is 0.307 e. The molecule has 1 aromatic rings. The van der Waals surface area contributed by atoms with E-state index in [2.05, 4.69) is 17.0 Å². The third-order valence-electron chi connectivity index (χ3n) is 2.63. The zero-order chi connectivity index (χ0) is 12.0.